The van der Waals surface area contributed by atoms with Gasteiger partial charge in [0.05, 0.1) is 41.5 Å². The first-order chi connectivity index (χ1) is 21.4. The van der Waals surface area contributed by atoms with Gasteiger partial charge in [0.25, 0.3) is 0 Å². The Bertz CT molecular complexity index is 1960. The fraction of sp³-hybridized carbons (Fsp3) is 0.242. The lowest BCUT2D eigenvalue weighted by Gasteiger charge is -2.28. The van der Waals surface area contributed by atoms with Gasteiger partial charge in [-0.3, -0.25) is 0 Å². The molecule has 1 aliphatic rings. The van der Waals surface area contributed by atoms with E-state index in [0.717, 1.165) is 12.1 Å². The number of fused-ring (bicyclic) bond motifs is 1. The molecular formula is C33H26F5N3O4. The smallest absolute Gasteiger partial charge is 0.335 e. The quantitative estimate of drug-likeness (QED) is 0.145. The third-order valence-corrected chi connectivity index (χ3v) is 7.92. The van der Waals surface area contributed by atoms with Crippen molar-refractivity contribution >= 4 is 17.0 Å². The number of nitrogens with zero attached hydrogens (tertiary/aromatic N) is 3. The van der Waals surface area contributed by atoms with Crippen LogP contribution in [0.15, 0.2) is 60.7 Å². The van der Waals surface area contributed by atoms with Crippen LogP contribution in [0, 0.1) is 34.5 Å². The van der Waals surface area contributed by atoms with Crippen molar-refractivity contribution in [3.63, 3.8) is 0 Å². The van der Waals surface area contributed by atoms with Gasteiger partial charge in [-0.25, -0.2) is 36.7 Å². The van der Waals surface area contributed by atoms with Crippen molar-refractivity contribution in [2.45, 2.75) is 32.9 Å². The number of benzene rings is 3. The van der Waals surface area contributed by atoms with Gasteiger partial charge < -0.3 is 19.1 Å². The third-order valence-electron chi connectivity index (χ3n) is 7.92. The van der Waals surface area contributed by atoms with Gasteiger partial charge in [-0.05, 0) is 48.0 Å². The van der Waals surface area contributed by atoms with Crippen molar-refractivity contribution in [1.82, 2.24) is 14.5 Å². The van der Waals surface area contributed by atoms with E-state index in [1.807, 2.05) is 18.4 Å². The molecule has 1 fully saturated rings. The van der Waals surface area contributed by atoms with Crippen molar-refractivity contribution in [3.05, 3.63) is 112 Å². The minimum atomic E-state index is -1.33. The molecule has 45 heavy (non-hydrogen) atoms. The highest BCUT2D eigenvalue weighted by Crippen LogP contribution is 2.40. The molecule has 1 atom stereocenters. The van der Waals surface area contributed by atoms with Gasteiger partial charge in [-0.1, -0.05) is 19.9 Å². The summed E-state index contributed by atoms with van der Waals surface area (Å²) < 4.78 is 84.9. The average molecular weight is 624 g/mol. The molecule has 0 aliphatic carbocycles. The first-order valence-corrected chi connectivity index (χ1v) is 13.9. The molecule has 2 aromatic heterocycles. The van der Waals surface area contributed by atoms with E-state index in [2.05, 4.69) is 9.97 Å². The van der Waals surface area contributed by atoms with Crippen LogP contribution in [0.4, 0.5) is 22.0 Å². The second-order valence-electron chi connectivity index (χ2n) is 11.5. The Balaban J connectivity index is 1.31. The number of imidazole rings is 1. The van der Waals surface area contributed by atoms with Gasteiger partial charge in [-0.15, -0.1) is 0 Å². The van der Waals surface area contributed by atoms with E-state index in [1.54, 1.807) is 6.07 Å². The fourth-order valence-electron chi connectivity index (χ4n) is 5.49. The van der Waals surface area contributed by atoms with Crippen molar-refractivity contribution in [2.24, 2.45) is 5.41 Å². The molecule has 232 valence electrons. The monoisotopic (exact) mass is 623 g/mol. The predicted octanol–water partition coefficient (Wildman–Crippen LogP) is 7.26. The summed E-state index contributed by atoms with van der Waals surface area (Å²) in [6.07, 6.45) is -0.0942. The number of aromatic carboxylic acids is 1. The third kappa shape index (κ3) is 5.85. The number of hydrogen-bond donors (Lipinski definition) is 1. The molecule has 1 N–H and O–H groups in total. The highest BCUT2D eigenvalue weighted by molar-refractivity contribution is 5.92. The fourth-order valence-corrected chi connectivity index (χ4v) is 5.49. The van der Waals surface area contributed by atoms with Gasteiger partial charge >= 0.3 is 5.97 Å². The lowest BCUT2D eigenvalue weighted by Crippen LogP contribution is -2.27. The van der Waals surface area contributed by atoms with Crippen LogP contribution in [-0.2, 0) is 17.8 Å². The lowest BCUT2D eigenvalue weighted by atomic mass is 9.87. The molecule has 0 radical (unpaired) electrons. The van der Waals surface area contributed by atoms with E-state index in [-0.39, 0.29) is 51.7 Å². The average Bonchev–Trinajstić information content (AvgIpc) is 3.53. The molecule has 12 heteroatoms. The lowest BCUT2D eigenvalue weighted by molar-refractivity contribution is 0.0697. The Hall–Kier alpha value is -4.84. The highest BCUT2D eigenvalue weighted by Gasteiger charge is 2.39. The maximum atomic E-state index is 15.6. The normalized spacial score (nSPS) is 15.9. The molecule has 5 aromatic rings. The summed E-state index contributed by atoms with van der Waals surface area (Å²) >= 11 is 0. The summed E-state index contributed by atoms with van der Waals surface area (Å²) in [5.41, 5.74) is 0.427. The van der Waals surface area contributed by atoms with Crippen LogP contribution in [0.25, 0.3) is 22.3 Å². The summed E-state index contributed by atoms with van der Waals surface area (Å²) in [6.45, 7) is 4.34. The minimum absolute atomic E-state index is 0.0178. The van der Waals surface area contributed by atoms with E-state index in [0.29, 0.717) is 42.2 Å². The molecule has 0 spiro atoms. The standard InChI is InChI=1S/C33H26F5N3O4/c1-33(2)16-44-15-29(33)41-28-10-17(32(42)43)6-7-27(28)39-30(41)11-18-8-23(36)20(12-21(18)34)26-4-3-5-31(40-26)45-14-19-9-24(37)25(38)13-22(19)35/h3-10,12-13,29H,11,14-16H2,1-2H3,(H,42,43)/t29-/m1/s1. The van der Waals surface area contributed by atoms with Gasteiger partial charge in [0, 0.05) is 35.1 Å². The summed E-state index contributed by atoms with van der Waals surface area (Å²) in [5.74, 6) is -5.84. The first-order valence-electron chi connectivity index (χ1n) is 13.9. The minimum Gasteiger partial charge on any atom is -0.478 e. The maximum absolute atomic E-state index is 15.6. The molecular weight excluding hydrogens is 597 g/mol. The Labute approximate surface area is 253 Å². The number of rotatable bonds is 8. The van der Waals surface area contributed by atoms with E-state index in [1.165, 1.54) is 30.3 Å². The van der Waals surface area contributed by atoms with Gasteiger partial charge in [-0.2, -0.15) is 0 Å². The SMILES string of the molecule is CC1(C)COC[C@H]1n1c(Cc2cc(F)c(-c3cccc(OCc4cc(F)c(F)cc4F)n3)cc2F)nc2ccc(C(=O)O)cc21. The largest absolute Gasteiger partial charge is 0.478 e. The number of halogens is 5. The molecule has 0 saturated carbocycles. The van der Waals surface area contributed by atoms with Crippen LogP contribution in [0.2, 0.25) is 0 Å². The predicted molar refractivity (Wildman–Crippen MR) is 153 cm³/mol. The van der Waals surface area contributed by atoms with E-state index >= 15 is 8.78 Å². The molecule has 0 amide bonds. The van der Waals surface area contributed by atoms with Crippen molar-refractivity contribution in [1.29, 1.82) is 0 Å². The number of carboxylic acid groups (broad SMARTS) is 1. The first kappa shape index (κ1) is 30.2. The number of ether oxygens (including phenoxy) is 2. The van der Waals surface area contributed by atoms with Gasteiger partial charge in [0.2, 0.25) is 5.88 Å². The maximum Gasteiger partial charge on any atom is 0.335 e. The molecule has 6 rings (SSSR count). The summed E-state index contributed by atoms with van der Waals surface area (Å²) in [4.78, 5) is 20.5. The van der Waals surface area contributed by atoms with Crippen LogP contribution in [-0.4, -0.2) is 38.8 Å². The molecule has 0 bridgehead atoms. The van der Waals surface area contributed by atoms with Crippen LogP contribution in [0.1, 0.15) is 47.2 Å². The summed E-state index contributed by atoms with van der Waals surface area (Å²) in [7, 11) is 0. The zero-order valence-electron chi connectivity index (χ0n) is 24.1. The topological polar surface area (TPSA) is 86.5 Å². The van der Waals surface area contributed by atoms with Crippen molar-refractivity contribution < 1.29 is 41.3 Å². The molecule has 0 unspecified atom stereocenters. The van der Waals surface area contributed by atoms with Gasteiger partial charge in [0.1, 0.15) is 29.9 Å². The van der Waals surface area contributed by atoms with E-state index < -0.39 is 41.7 Å². The zero-order valence-corrected chi connectivity index (χ0v) is 24.1. The zero-order chi connectivity index (χ0) is 32.0. The summed E-state index contributed by atoms with van der Waals surface area (Å²) in [6, 6.07) is 11.8. The molecule has 1 saturated heterocycles. The van der Waals surface area contributed by atoms with Crippen LogP contribution >= 0.6 is 0 Å². The molecule has 3 aromatic carbocycles. The number of carbonyl (C=O) groups is 1. The Kier molecular flexibility index (Phi) is 7.77. The van der Waals surface area contributed by atoms with Crippen molar-refractivity contribution in [2.75, 3.05) is 13.2 Å². The van der Waals surface area contributed by atoms with Gasteiger partial charge in [0.15, 0.2) is 11.6 Å². The number of pyridine rings is 1. The van der Waals surface area contributed by atoms with Crippen molar-refractivity contribution in [3.8, 4) is 17.1 Å². The number of hydrogen-bond acceptors (Lipinski definition) is 5. The summed E-state index contributed by atoms with van der Waals surface area (Å²) in [5, 5.41) is 9.56. The second kappa shape index (κ2) is 11.6. The molecule has 7 nitrogen and oxygen atoms in total. The Morgan fingerprint density at radius 1 is 0.933 bits per heavy atom. The molecule has 3 heterocycles. The Morgan fingerprint density at radius 3 is 2.40 bits per heavy atom. The van der Waals surface area contributed by atoms with Crippen LogP contribution < -0.4 is 4.74 Å². The second-order valence-corrected chi connectivity index (χ2v) is 11.5. The number of carboxylic acids is 1. The van der Waals surface area contributed by atoms with Crippen LogP contribution in [0.3, 0.4) is 0 Å². The molecule has 1 aliphatic heterocycles. The Morgan fingerprint density at radius 2 is 1.67 bits per heavy atom. The van der Waals surface area contributed by atoms with E-state index in [9.17, 15) is 23.1 Å². The van der Waals surface area contributed by atoms with Crippen LogP contribution in [0.5, 0.6) is 5.88 Å². The number of aromatic nitrogens is 3. The highest BCUT2D eigenvalue weighted by atomic mass is 19.2. The van der Waals surface area contributed by atoms with E-state index in [4.69, 9.17) is 9.47 Å².